The first-order valence-electron chi connectivity index (χ1n) is 8.65. The second-order valence-corrected chi connectivity index (χ2v) is 7.17. The molecule has 21 heavy (non-hydrogen) atoms. The van der Waals surface area contributed by atoms with Gasteiger partial charge in [-0.15, -0.1) is 0 Å². The summed E-state index contributed by atoms with van der Waals surface area (Å²) >= 11 is 0. The van der Waals surface area contributed by atoms with Crippen molar-refractivity contribution in [3.8, 4) is 0 Å². The minimum Gasteiger partial charge on any atom is -0.313 e. The van der Waals surface area contributed by atoms with Crippen LogP contribution in [0.1, 0.15) is 50.2 Å². The molecule has 1 aromatic carbocycles. The predicted molar refractivity (Wildman–Crippen MR) is 85.9 cm³/mol. The maximum absolute atomic E-state index is 13.6. The van der Waals surface area contributed by atoms with Crippen molar-refractivity contribution in [1.82, 2.24) is 5.32 Å². The Morgan fingerprint density at radius 1 is 1.29 bits per heavy atom. The lowest BCUT2D eigenvalue weighted by Crippen LogP contribution is -2.41. The van der Waals surface area contributed by atoms with Crippen molar-refractivity contribution in [2.45, 2.75) is 58.4 Å². The van der Waals surface area contributed by atoms with E-state index < -0.39 is 0 Å². The van der Waals surface area contributed by atoms with Crippen LogP contribution in [0.15, 0.2) is 18.2 Å². The normalized spacial score (nSPS) is 29.0. The van der Waals surface area contributed by atoms with Gasteiger partial charge in [0.1, 0.15) is 5.82 Å². The minimum atomic E-state index is -0.0993. The van der Waals surface area contributed by atoms with Crippen LogP contribution >= 0.6 is 0 Å². The first-order valence-corrected chi connectivity index (χ1v) is 8.65. The van der Waals surface area contributed by atoms with Crippen molar-refractivity contribution in [3.05, 3.63) is 35.1 Å². The van der Waals surface area contributed by atoms with E-state index in [0.717, 1.165) is 30.7 Å². The van der Waals surface area contributed by atoms with Gasteiger partial charge in [-0.3, -0.25) is 0 Å². The first kappa shape index (κ1) is 15.0. The highest BCUT2D eigenvalue weighted by Gasteiger charge is 2.42. The second kappa shape index (κ2) is 6.48. The Balaban J connectivity index is 1.74. The van der Waals surface area contributed by atoms with Crippen molar-refractivity contribution in [2.75, 3.05) is 6.54 Å². The zero-order valence-electron chi connectivity index (χ0n) is 13.4. The van der Waals surface area contributed by atoms with Crippen LogP contribution in [0.4, 0.5) is 4.39 Å². The molecule has 0 saturated heterocycles. The minimum absolute atomic E-state index is 0.0993. The topological polar surface area (TPSA) is 12.0 Å². The van der Waals surface area contributed by atoms with Gasteiger partial charge in [-0.25, -0.2) is 4.39 Å². The van der Waals surface area contributed by atoms with E-state index in [-0.39, 0.29) is 5.82 Å². The summed E-state index contributed by atoms with van der Waals surface area (Å²) in [6.45, 7) is 5.40. The average Bonchev–Trinajstić information content (AvgIpc) is 3.09. The van der Waals surface area contributed by atoms with Gasteiger partial charge in [0.15, 0.2) is 0 Å². The first-order chi connectivity index (χ1) is 10.2. The van der Waals surface area contributed by atoms with Gasteiger partial charge >= 0.3 is 0 Å². The van der Waals surface area contributed by atoms with Gasteiger partial charge in [0.05, 0.1) is 0 Å². The van der Waals surface area contributed by atoms with Gasteiger partial charge in [-0.2, -0.15) is 0 Å². The summed E-state index contributed by atoms with van der Waals surface area (Å²) in [7, 11) is 0. The number of halogens is 1. The molecule has 2 bridgehead atoms. The highest BCUT2D eigenvalue weighted by atomic mass is 19.1. The van der Waals surface area contributed by atoms with Crippen LogP contribution in [0.3, 0.4) is 0 Å². The SMILES string of the molecule is CCCNC(Cc1cc(F)ccc1C)C1CC2CCC1C2. The van der Waals surface area contributed by atoms with Crippen LogP contribution in [0.25, 0.3) is 0 Å². The van der Waals surface area contributed by atoms with Crippen LogP contribution in [-0.2, 0) is 6.42 Å². The Kier molecular flexibility index (Phi) is 4.63. The Bertz CT molecular complexity index is 484. The summed E-state index contributed by atoms with van der Waals surface area (Å²) in [6, 6.07) is 5.76. The molecule has 1 aromatic rings. The summed E-state index contributed by atoms with van der Waals surface area (Å²) in [5.41, 5.74) is 2.41. The third-order valence-electron chi connectivity index (χ3n) is 5.72. The Morgan fingerprint density at radius 3 is 2.81 bits per heavy atom. The lowest BCUT2D eigenvalue weighted by atomic mass is 9.80. The van der Waals surface area contributed by atoms with Crippen molar-refractivity contribution in [1.29, 1.82) is 0 Å². The molecule has 0 heterocycles. The Morgan fingerprint density at radius 2 is 2.14 bits per heavy atom. The van der Waals surface area contributed by atoms with E-state index in [0.29, 0.717) is 6.04 Å². The molecule has 4 atom stereocenters. The van der Waals surface area contributed by atoms with E-state index in [4.69, 9.17) is 0 Å². The molecule has 3 rings (SSSR count). The highest BCUT2D eigenvalue weighted by Crippen LogP contribution is 2.50. The molecule has 0 spiro atoms. The van der Waals surface area contributed by atoms with Crippen molar-refractivity contribution in [3.63, 3.8) is 0 Å². The van der Waals surface area contributed by atoms with Crippen molar-refractivity contribution >= 4 is 0 Å². The van der Waals surface area contributed by atoms with Crippen LogP contribution in [0.2, 0.25) is 0 Å². The molecule has 2 fully saturated rings. The molecule has 2 saturated carbocycles. The number of fused-ring (bicyclic) bond motifs is 2. The van der Waals surface area contributed by atoms with Gasteiger partial charge in [0.25, 0.3) is 0 Å². The standard InChI is InChI=1S/C19H28FN/c1-3-8-21-19(18-10-14-5-6-15(18)9-14)12-16-11-17(20)7-4-13(16)2/h4,7,11,14-15,18-19,21H,3,5-6,8-10,12H2,1-2H3. The Hall–Kier alpha value is -0.890. The number of aryl methyl sites for hydroxylation is 1. The van der Waals surface area contributed by atoms with Gasteiger partial charge in [-0.05, 0) is 86.6 Å². The van der Waals surface area contributed by atoms with Crippen molar-refractivity contribution < 1.29 is 4.39 Å². The van der Waals surface area contributed by atoms with E-state index in [9.17, 15) is 4.39 Å². The van der Waals surface area contributed by atoms with Crippen LogP contribution in [-0.4, -0.2) is 12.6 Å². The lowest BCUT2D eigenvalue weighted by molar-refractivity contribution is 0.246. The summed E-state index contributed by atoms with van der Waals surface area (Å²) < 4.78 is 13.6. The summed E-state index contributed by atoms with van der Waals surface area (Å²) in [5, 5.41) is 3.77. The van der Waals surface area contributed by atoms with Gasteiger partial charge in [0, 0.05) is 6.04 Å². The van der Waals surface area contributed by atoms with Gasteiger partial charge in [0.2, 0.25) is 0 Å². The predicted octanol–water partition coefficient (Wildman–Crippen LogP) is 4.48. The molecule has 116 valence electrons. The van der Waals surface area contributed by atoms with E-state index in [1.165, 1.54) is 43.2 Å². The molecule has 0 aromatic heterocycles. The number of rotatable bonds is 6. The number of hydrogen-bond donors (Lipinski definition) is 1. The number of hydrogen-bond acceptors (Lipinski definition) is 1. The largest absolute Gasteiger partial charge is 0.313 e. The van der Waals surface area contributed by atoms with Crippen LogP contribution in [0, 0.1) is 30.5 Å². The van der Waals surface area contributed by atoms with E-state index in [1.54, 1.807) is 12.1 Å². The highest BCUT2D eigenvalue weighted by molar-refractivity contribution is 5.27. The third kappa shape index (κ3) is 3.31. The Labute approximate surface area is 128 Å². The maximum atomic E-state index is 13.6. The smallest absolute Gasteiger partial charge is 0.123 e. The molecule has 2 aliphatic rings. The molecule has 0 aliphatic heterocycles. The maximum Gasteiger partial charge on any atom is 0.123 e. The fourth-order valence-corrected chi connectivity index (χ4v) is 4.59. The zero-order chi connectivity index (χ0) is 14.8. The van der Waals surface area contributed by atoms with Gasteiger partial charge in [-0.1, -0.05) is 19.4 Å². The number of nitrogens with one attached hydrogen (secondary N) is 1. The average molecular weight is 289 g/mol. The third-order valence-corrected chi connectivity index (χ3v) is 5.72. The fourth-order valence-electron chi connectivity index (χ4n) is 4.59. The van der Waals surface area contributed by atoms with Gasteiger partial charge < -0.3 is 5.32 Å². The molecule has 0 amide bonds. The number of benzene rings is 1. The van der Waals surface area contributed by atoms with Crippen LogP contribution < -0.4 is 5.32 Å². The molecule has 1 N–H and O–H groups in total. The van der Waals surface area contributed by atoms with E-state index >= 15 is 0 Å². The molecule has 2 aliphatic carbocycles. The van der Waals surface area contributed by atoms with Crippen LogP contribution in [0.5, 0.6) is 0 Å². The molecule has 2 heteroatoms. The monoisotopic (exact) mass is 289 g/mol. The quantitative estimate of drug-likeness (QED) is 0.814. The summed E-state index contributed by atoms with van der Waals surface area (Å²) in [6.07, 6.45) is 7.84. The zero-order valence-corrected chi connectivity index (χ0v) is 13.4. The molecule has 1 nitrogen and oxygen atoms in total. The van der Waals surface area contributed by atoms with E-state index in [2.05, 4.69) is 19.2 Å². The summed E-state index contributed by atoms with van der Waals surface area (Å²) in [4.78, 5) is 0. The molecular weight excluding hydrogens is 261 g/mol. The fraction of sp³-hybridized carbons (Fsp3) is 0.684. The second-order valence-electron chi connectivity index (χ2n) is 7.17. The molecule has 4 unspecified atom stereocenters. The molecular formula is C19H28FN. The van der Waals surface area contributed by atoms with E-state index in [1.807, 2.05) is 6.07 Å². The van der Waals surface area contributed by atoms with Crippen molar-refractivity contribution in [2.24, 2.45) is 17.8 Å². The lowest BCUT2D eigenvalue weighted by Gasteiger charge is -2.32. The molecule has 0 radical (unpaired) electrons. The summed E-state index contributed by atoms with van der Waals surface area (Å²) in [5.74, 6) is 2.59.